The Kier molecular flexibility index (Phi) is 4.09. The maximum atomic E-state index is 9.43. The number of benzene rings is 8. The number of rotatable bonds is 2. The lowest BCUT2D eigenvalue weighted by Crippen LogP contribution is -1.87. The third kappa shape index (κ3) is 3.46. The third-order valence-corrected chi connectivity index (χ3v) is 9.40. The molecule has 0 fully saturated rings. The van der Waals surface area contributed by atoms with Crippen molar-refractivity contribution in [2.45, 2.75) is 0 Å². The van der Waals surface area contributed by atoms with Gasteiger partial charge < -0.3 is 0 Å². The zero-order valence-corrected chi connectivity index (χ0v) is 22.8. The number of fused-ring (bicyclic) bond motifs is 8. The van der Waals surface area contributed by atoms with E-state index in [2.05, 4.69) is 66.7 Å². The topological polar surface area (TPSA) is 0 Å². The Morgan fingerprint density at radius 1 is 0.415 bits per heavy atom. The van der Waals surface area contributed by atoms with Gasteiger partial charge in [-0.2, -0.15) is 0 Å². The fourth-order valence-corrected chi connectivity index (χ4v) is 7.54. The lowest BCUT2D eigenvalue weighted by molar-refractivity contribution is 1.65. The molecule has 1 aromatic heterocycles. The SMILES string of the molecule is [2H]c1c([2H])c(-c2cccc3sc4cc5ccccc5cc4c23)c([2H])c([2H])c1-c1c2ccccc2cc2c1ccc1ccccc12. The van der Waals surface area contributed by atoms with Crippen LogP contribution >= 0.6 is 11.3 Å². The van der Waals surface area contributed by atoms with Crippen molar-refractivity contribution in [1.82, 2.24) is 0 Å². The molecule has 0 aliphatic carbocycles. The number of hydrogen-bond acceptors (Lipinski definition) is 1. The maximum absolute atomic E-state index is 9.43. The highest BCUT2D eigenvalue weighted by atomic mass is 32.1. The molecule has 0 aliphatic heterocycles. The van der Waals surface area contributed by atoms with E-state index in [1.165, 1.54) is 5.39 Å². The highest BCUT2D eigenvalue weighted by Gasteiger charge is 2.15. The van der Waals surface area contributed by atoms with Crippen molar-refractivity contribution in [3.63, 3.8) is 0 Å². The summed E-state index contributed by atoms with van der Waals surface area (Å²) < 4.78 is 39.8. The normalized spacial score (nSPS) is 13.3. The minimum Gasteiger partial charge on any atom is -0.135 e. The van der Waals surface area contributed by atoms with Gasteiger partial charge in [0.2, 0.25) is 0 Å². The summed E-state index contributed by atoms with van der Waals surface area (Å²) in [6.45, 7) is 0. The van der Waals surface area contributed by atoms with E-state index >= 15 is 0 Å². The molecule has 0 bridgehead atoms. The molecule has 0 spiro atoms. The van der Waals surface area contributed by atoms with Crippen LogP contribution in [0.3, 0.4) is 0 Å². The van der Waals surface area contributed by atoms with Gasteiger partial charge in [-0.25, -0.2) is 0 Å². The van der Waals surface area contributed by atoms with Crippen LogP contribution in [0.15, 0.2) is 145 Å². The summed E-state index contributed by atoms with van der Waals surface area (Å²) in [5.74, 6) is 0. The summed E-state index contributed by atoms with van der Waals surface area (Å²) in [4.78, 5) is 0. The summed E-state index contributed by atoms with van der Waals surface area (Å²) >= 11 is 1.69. The van der Waals surface area contributed by atoms with Crippen LogP contribution in [0, 0.1) is 0 Å². The van der Waals surface area contributed by atoms with E-state index in [4.69, 9.17) is 0 Å². The lowest BCUT2D eigenvalue weighted by Gasteiger charge is -2.15. The molecule has 190 valence electrons. The van der Waals surface area contributed by atoms with E-state index in [0.29, 0.717) is 11.1 Å². The number of hydrogen-bond donors (Lipinski definition) is 0. The van der Waals surface area contributed by atoms with Gasteiger partial charge in [-0.15, -0.1) is 11.3 Å². The average Bonchev–Trinajstić information content (AvgIpc) is 3.44. The van der Waals surface area contributed by atoms with Crippen molar-refractivity contribution in [2.75, 3.05) is 0 Å². The van der Waals surface area contributed by atoms with Crippen LogP contribution in [0.5, 0.6) is 0 Å². The molecular weight excluding hydrogens is 513 g/mol. The Labute approximate surface area is 247 Å². The van der Waals surface area contributed by atoms with Crippen LogP contribution in [-0.2, 0) is 0 Å². The smallest absolute Gasteiger partial charge is 0.0629 e. The van der Waals surface area contributed by atoms with Gasteiger partial charge in [-0.05, 0) is 89.6 Å². The number of thiophene rings is 1. The highest BCUT2D eigenvalue weighted by Crippen LogP contribution is 2.43. The van der Waals surface area contributed by atoms with E-state index in [0.717, 1.165) is 69.0 Å². The molecule has 1 heteroatoms. The predicted octanol–water partition coefficient (Wildman–Crippen LogP) is 12.0. The van der Waals surface area contributed by atoms with Crippen LogP contribution in [0.25, 0.3) is 85.5 Å². The molecule has 8 aromatic carbocycles. The van der Waals surface area contributed by atoms with Crippen molar-refractivity contribution in [3.05, 3.63) is 145 Å². The zero-order chi connectivity index (χ0) is 30.4. The standard InChI is InChI=1S/C40H24S/c1-2-10-29-24-38-36(22-28(29)9-1)40-32(14-7-15-37(40)41-38)26-16-18-27(19-17-26)39-33-13-6-4-11-30(33)23-35-31-12-5-3-8-25(31)20-21-34(35)39/h1-24H/i16D,17D,18D,19D. The molecule has 0 saturated carbocycles. The van der Waals surface area contributed by atoms with Crippen LogP contribution in [0.2, 0.25) is 0 Å². The lowest BCUT2D eigenvalue weighted by atomic mass is 9.89. The van der Waals surface area contributed by atoms with Crippen LogP contribution in [0.4, 0.5) is 0 Å². The quantitative estimate of drug-likeness (QED) is 0.151. The summed E-state index contributed by atoms with van der Waals surface area (Å²) in [5.41, 5.74) is 2.13. The van der Waals surface area contributed by atoms with Crippen molar-refractivity contribution >= 4 is 74.6 Å². The highest BCUT2D eigenvalue weighted by molar-refractivity contribution is 7.26. The van der Waals surface area contributed by atoms with Gasteiger partial charge in [-0.3, -0.25) is 0 Å². The largest absolute Gasteiger partial charge is 0.135 e. The van der Waals surface area contributed by atoms with Gasteiger partial charge in [-0.1, -0.05) is 121 Å². The summed E-state index contributed by atoms with van der Waals surface area (Å²) in [7, 11) is 0. The summed E-state index contributed by atoms with van der Waals surface area (Å²) in [6.07, 6.45) is 0. The zero-order valence-electron chi connectivity index (χ0n) is 26.0. The molecule has 0 nitrogen and oxygen atoms in total. The molecule has 0 atom stereocenters. The van der Waals surface area contributed by atoms with Gasteiger partial charge in [0, 0.05) is 20.2 Å². The fraction of sp³-hybridized carbons (Fsp3) is 0. The Morgan fingerprint density at radius 2 is 1.07 bits per heavy atom. The van der Waals surface area contributed by atoms with E-state index in [-0.39, 0.29) is 24.2 Å². The Morgan fingerprint density at radius 3 is 1.90 bits per heavy atom. The van der Waals surface area contributed by atoms with Gasteiger partial charge in [0.15, 0.2) is 0 Å². The van der Waals surface area contributed by atoms with E-state index in [9.17, 15) is 5.48 Å². The van der Waals surface area contributed by atoms with E-state index in [1.54, 1.807) is 11.3 Å². The molecule has 0 N–H and O–H groups in total. The van der Waals surface area contributed by atoms with Crippen LogP contribution < -0.4 is 0 Å². The molecule has 9 aromatic rings. The minimum absolute atomic E-state index is 0.0273. The molecule has 9 rings (SSSR count). The molecule has 1 heterocycles. The first-order valence-electron chi connectivity index (χ1n) is 15.8. The monoisotopic (exact) mass is 540 g/mol. The second-order valence-electron chi connectivity index (χ2n) is 10.6. The molecule has 0 radical (unpaired) electrons. The van der Waals surface area contributed by atoms with Crippen LogP contribution in [0.1, 0.15) is 5.48 Å². The first-order valence-corrected chi connectivity index (χ1v) is 14.6. The predicted molar refractivity (Wildman–Crippen MR) is 180 cm³/mol. The van der Waals surface area contributed by atoms with Crippen LogP contribution in [-0.4, -0.2) is 0 Å². The summed E-state index contributed by atoms with van der Waals surface area (Å²) in [6, 6.07) is 41.1. The first-order chi connectivity index (χ1) is 22.0. The van der Waals surface area contributed by atoms with Crippen molar-refractivity contribution in [1.29, 1.82) is 0 Å². The van der Waals surface area contributed by atoms with Gasteiger partial charge >= 0.3 is 0 Å². The molecular formula is C40H24S. The van der Waals surface area contributed by atoms with Crippen molar-refractivity contribution in [2.24, 2.45) is 0 Å². The average molecular weight is 541 g/mol. The second kappa shape index (κ2) is 8.76. The minimum atomic E-state index is -0.0289. The Balaban J connectivity index is 1.38. The van der Waals surface area contributed by atoms with E-state index in [1.807, 2.05) is 54.6 Å². The van der Waals surface area contributed by atoms with Crippen molar-refractivity contribution in [3.8, 4) is 22.3 Å². The van der Waals surface area contributed by atoms with Gasteiger partial charge in [0.25, 0.3) is 0 Å². The molecule has 41 heavy (non-hydrogen) atoms. The fourth-order valence-electron chi connectivity index (χ4n) is 6.38. The molecule has 0 amide bonds. The van der Waals surface area contributed by atoms with Gasteiger partial charge in [0.05, 0.1) is 5.48 Å². The maximum Gasteiger partial charge on any atom is 0.0629 e. The molecule has 0 aliphatic rings. The van der Waals surface area contributed by atoms with E-state index < -0.39 is 0 Å². The van der Waals surface area contributed by atoms with Crippen molar-refractivity contribution < 1.29 is 5.48 Å². The Bertz CT molecular complexity index is 2680. The molecule has 0 unspecified atom stereocenters. The second-order valence-corrected chi connectivity index (χ2v) is 11.7. The Hall–Kier alpha value is -4.98. The van der Waals surface area contributed by atoms with Gasteiger partial charge in [0.1, 0.15) is 0 Å². The first kappa shape index (κ1) is 19.2. The third-order valence-electron chi connectivity index (χ3n) is 8.28. The molecule has 0 saturated heterocycles. The summed E-state index contributed by atoms with van der Waals surface area (Å²) in [5, 5.41) is 10.4.